The van der Waals surface area contributed by atoms with Gasteiger partial charge in [0.15, 0.2) is 0 Å². The van der Waals surface area contributed by atoms with Crippen molar-refractivity contribution in [1.82, 2.24) is 5.32 Å². The molecule has 1 atom stereocenters. The van der Waals surface area contributed by atoms with Gasteiger partial charge in [0.25, 0.3) is 0 Å². The van der Waals surface area contributed by atoms with Crippen LogP contribution in [0.1, 0.15) is 37.6 Å². The largest absolute Gasteiger partial charge is 0.312 e. The molecule has 15 heavy (non-hydrogen) atoms. The van der Waals surface area contributed by atoms with Crippen molar-refractivity contribution in [2.45, 2.75) is 32.7 Å². The first-order chi connectivity index (χ1) is 7.13. The average molecular weight is 311 g/mol. The first kappa shape index (κ1) is 13.5. The van der Waals surface area contributed by atoms with Crippen LogP contribution < -0.4 is 5.32 Å². The molecule has 86 valence electrons. The Kier molecular flexibility index (Phi) is 5.61. The predicted molar refractivity (Wildman–Crippen MR) is 72.9 cm³/mol. The average Bonchev–Trinajstić information content (AvgIpc) is 2.55. The second-order valence-electron chi connectivity index (χ2n) is 3.61. The standard InChI is InChI=1S/C11H17BrClNS/c1-4-7(5-2)10(14-3)9-6-8(13)11(12)15-9/h6-7,10,14H,4-5H2,1-3H3. The fourth-order valence-electron chi connectivity index (χ4n) is 1.89. The minimum absolute atomic E-state index is 0.425. The van der Waals surface area contributed by atoms with Crippen LogP contribution in [-0.4, -0.2) is 7.05 Å². The Morgan fingerprint density at radius 2 is 2.07 bits per heavy atom. The molecule has 1 aromatic rings. The molecule has 1 nitrogen and oxygen atoms in total. The normalized spacial score (nSPS) is 13.5. The molecule has 0 saturated carbocycles. The van der Waals surface area contributed by atoms with Gasteiger partial charge in [-0.3, -0.25) is 0 Å². The lowest BCUT2D eigenvalue weighted by Gasteiger charge is -2.23. The molecule has 4 heteroatoms. The number of hydrogen-bond donors (Lipinski definition) is 1. The summed E-state index contributed by atoms with van der Waals surface area (Å²) in [4.78, 5) is 1.32. The first-order valence-corrected chi connectivity index (χ1v) is 7.24. The molecule has 1 rings (SSSR count). The highest BCUT2D eigenvalue weighted by atomic mass is 79.9. The van der Waals surface area contributed by atoms with Crippen molar-refractivity contribution in [1.29, 1.82) is 0 Å². The Labute approximate surface area is 109 Å². The zero-order chi connectivity index (χ0) is 11.4. The molecular weight excluding hydrogens is 294 g/mol. The van der Waals surface area contributed by atoms with Gasteiger partial charge < -0.3 is 5.32 Å². The van der Waals surface area contributed by atoms with Crippen molar-refractivity contribution in [2.24, 2.45) is 5.92 Å². The quantitative estimate of drug-likeness (QED) is 0.819. The molecule has 0 bridgehead atoms. The van der Waals surface area contributed by atoms with Gasteiger partial charge in [-0.2, -0.15) is 0 Å². The van der Waals surface area contributed by atoms with Crippen molar-refractivity contribution in [3.63, 3.8) is 0 Å². The fraction of sp³-hybridized carbons (Fsp3) is 0.636. The molecular formula is C11H17BrClNS. The zero-order valence-corrected chi connectivity index (χ0v) is 12.5. The Balaban J connectivity index is 2.91. The summed E-state index contributed by atoms with van der Waals surface area (Å²) in [7, 11) is 2.02. The summed E-state index contributed by atoms with van der Waals surface area (Å²) in [5, 5.41) is 4.21. The predicted octanol–water partition coefficient (Wildman–Crippen LogP) is 4.86. The molecule has 1 unspecified atom stereocenters. The third-order valence-electron chi connectivity index (χ3n) is 2.80. The van der Waals surface area contributed by atoms with E-state index in [1.54, 1.807) is 11.3 Å². The lowest BCUT2D eigenvalue weighted by molar-refractivity contribution is 0.364. The van der Waals surface area contributed by atoms with Crippen LogP contribution in [0.3, 0.4) is 0 Å². The maximum absolute atomic E-state index is 6.06. The van der Waals surface area contributed by atoms with Gasteiger partial charge in [-0.1, -0.05) is 38.3 Å². The molecule has 0 aliphatic rings. The van der Waals surface area contributed by atoms with Crippen LogP contribution in [0.5, 0.6) is 0 Å². The van der Waals surface area contributed by atoms with Gasteiger partial charge in [0.05, 0.1) is 8.81 Å². The maximum Gasteiger partial charge on any atom is 0.0887 e. The van der Waals surface area contributed by atoms with Crippen LogP contribution in [0.4, 0.5) is 0 Å². The first-order valence-electron chi connectivity index (χ1n) is 5.25. The summed E-state index contributed by atoms with van der Waals surface area (Å²) in [6.45, 7) is 4.48. The third-order valence-corrected chi connectivity index (χ3v) is 5.36. The Bertz CT molecular complexity index is 290. The van der Waals surface area contributed by atoms with Gasteiger partial charge in [-0.05, 0) is 35.0 Å². The number of thiophene rings is 1. The SMILES string of the molecule is CCC(CC)C(NC)c1cc(Cl)c(Br)s1. The van der Waals surface area contributed by atoms with Crippen molar-refractivity contribution in [3.8, 4) is 0 Å². The van der Waals surface area contributed by atoms with Gasteiger partial charge in [0, 0.05) is 10.9 Å². The van der Waals surface area contributed by atoms with Crippen molar-refractivity contribution in [2.75, 3.05) is 7.05 Å². The number of hydrogen-bond acceptors (Lipinski definition) is 2. The van der Waals surface area contributed by atoms with E-state index in [9.17, 15) is 0 Å². The van der Waals surface area contributed by atoms with Crippen LogP contribution in [0.2, 0.25) is 5.02 Å². The summed E-state index contributed by atoms with van der Waals surface area (Å²) in [5.74, 6) is 0.677. The van der Waals surface area contributed by atoms with Gasteiger partial charge in [-0.15, -0.1) is 11.3 Å². The van der Waals surface area contributed by atoms with Gasteiger partial charge in [0.1, 0.15) is 0 Å². The zero-order valence-electron chi connectivity index (χ0n) is 9.31. The molecule has 0 saturated heterocycles. The number of nitrogens with one attached hydrogen (secondary N) is 1. The Morgan fingerprint density at radius 3 is 2.40 bits per heavy atom. The summed E-state index contributed by atoms with van der Waals surface area (Å²) in [6.07, 6.45) is 2.38. The topological polar surface area (TPSA) is 12.0 Å². The second kappa shape index (κ2) is 6.24. The smallest absolute Gasteiger partial charge is 0.0887 e. The minimum atomic E-state index is 0.425. The molecule has 0 radical (unpaired) electrons. The highest BCUT2D eigenvalue weighted by Crippen LogP contribution is 2.38. The molecule has 1 aromatic heterocycles. The highest BCUT2D eigenvalue weighted by molar-refractivity contribution is 9.11. The Morgan fingerprint density at radius 1 is 1.47 bits per heavy atom. The molecule has 1 heterocycles. The van der Waals surface area contributed by atoms with Crippen LogP contribution in [0.25, 0.3) is 0 Å². The van der Waals surface area contributed by atoms with Gasteiger partial charge in [-0.25, -0.2) is 0 Å². The van der Waals surface area contributed by atoms with Crippen LogP contribution in [0, 0.1) is 5.92 Å². The number of halogens is 2. The molecule has 0 aliphatic carbocycles. The Hall–Kier alpha value is 0.430. The van der Waals surface area contributed by atoms with Crippen LogP contribution in [-0.2, 0) is 0 Å². The van der Waals surface area contributed by atoms with E-state index in [1.807, 2.05) is 7.05 Å². The van der Waals surface area contributed by atoms with E-state index in [4.69, 9.17) is 11.6 Å². The molecule has 1 N–H and O–H groups in total. The molecule has 0 aromatic carbocycles. The van der Waals surface area contributed by atoms with Crippen LogP contribution in [0.15, 0.2) is 9.85 Å². The van der Waals surface area contributed by atoms with Crippen molar-refractivity contribution < 1.29 is 0 Å². The van der Waals surface area contributed by atoms with Gasteiger partial charge in [0.2, 0.25) is 0 Å². The molecule has 0 spiro atoms. The lowest BCUT2D eigenvalue weighted by Crippen LogP contribution is -2.23. The fourth-order valence-corrected chi connectivity index (χ4v) is 3.84. The van der Waals surface area contributed by atoms with E-state index < -0.39 is 0 Å². The van der Waals surface area contributed by atoms with E-state index >= 15 is 0 Å². The van der Waals surface area contributed by atoms with E-state index in [1.165, 1.54) is 17.7 Å². The summed E-state index contributed by atoms with van der Waals surface area (Å²) >= 11 is 11.3. The van der Waals surface area contributed by atoms with E-state index in [2.05, 4.69) is 41.2 Å². The van der Waals surface area contributed by atoms with Crippen molar-refractivity contribution in [3.05, 3.63) is 19.8 Å². The highest BCUT2D eigenvalue weighted by Gasteiger charge is 2.21. The minimum Gasteiger partial charge on any atom is -0.312 e. The third kappa shape index (κ3) is 3.19. The molecule has 0 amide bonds. The lowest BCUT2D eigenvalue weighted by atomic mass is 9.93. The molecule has 0 fully saturated rings. The second-order valence-corrected chi connectivity index (χ2v) is 6.42. The monoisotopic (exact) mass is 309 g/mol. The van der Waals surface area contributed by atoms with Gasteiger partial charge >= 0.3 is 0 Å². The van der Waals surface area contributed by atoms with E-state index in [0.717, 1.165) is 8.81 Å². The summed E-state index contributed by atoms with van der Waals surface area (Å²) < 4.78 is 1.03. The molecule has 0 aliphatic heterocycles. The van der Waals surface area contributed by atoms with Crippen molar-refractivity contribution >= 4 is 38.9 Å². The van der Waals surface area contributed by atoms with E-state index in [0.29, 0.717) is 12.0 Å². The number of rotatable bonds is 5. The summed E-state index contributed by atoms with van der Waals surface area (Å²) in [6, 6.07) is 2.49. The van der Waals surface area contributed by atoms with E-state index in [-0.39, 0.29) is 0 Å². The maximum atomic E-state index is 6.06. The summed E-state index contributed by atoms with van der Waals surface area (Å²) in [5.41, 5.74) is 0. The van der Waals surface area contributed by atoms with Crippen LogP contribution >= 0.6 is 38.9 Å².